The molecule has 166 valence electrons. The first-order valence-electron chi connectivity index (χ1n) is 9.80. The van der Waals surface area contributed by atoms with E-state index in [0.717, 1.165) is 17.1 Å². The Hall–Kier alpha value is -2.00. The highest BCUT2D eigenvalue weighted by atomic mass is 35.5. The molecule has 1 amide bonds. The molecule has 1 aromatic heterocycles. The molecule has 1 fully saturated rings. The number of nitrogens with one attached hydrogen (secondary N) is 1. The van der Waals surface area contributed by atoms with Gasteiger partial charge in [0.15, 0.2) is 0 Å². The van der Waals surface area contributed by atoms with E-state index in [4.69, 9.17) is 32.7 Å². The van der Waals surface area contributed by atoms with Crippen LogP contribution >= 0.6 is 35.0 Å². The van der Waals surface area contributed by atoms with Gasteiger partial charge >= 0.3 is 5.97 Å². The molecule has 0 aliphatic carbocycles. The maximum Gasteiger partial charge on any atom is 0.356 e. The minimum absolute atomic E-state index is 0.102. The molecule has 10 heteroatoms. The van der Waals surface area contributed by atoms with Gasteiger partial charge in [-0.25, -0.2) is 9.78 Å². The number of rotatable bonds is 8. The van der Waals surface area contributed by atoms with Crippen LogP contribution < -0.4 is 10.2 Å². The van der Waals surface area contributed by atoms with Crippen molar-refractivity contribution < 1.29 is 19.1 Å². The van der Waals surface area contributed by atoms with E-state index in [0.29, 0.717) is 36.3 Å². The van der Waals surface area contributed by atoms with Crippen LogP contribution in [0.4, 0.5) is 5.69 Å². The van der Waals surface area contributed by atoms with Crippen LogP contribution in [0.15, 0.2) is 41.4 Å². The van der Waals surface area contributed by atoms with Crippen molar-refractivity contribution in [3.8, 4) is 0 Å². The highest BCUT2D eigenvalue weighted by Crippen LogP contribution is 2.28. The number of amides is 1. The molecule has 7 nitrogen and oxygen atoms in total. The molecule has 1 aliphatic rings. The van der Waals surface area contributed by atoms with Crippen LogP contribution in [0.1, 0.15) is 17.4 Å². The summed E-state index contributed by atoms with van der Waals surface area (Å²) >= 11 is 13.5. The maximum atomic E-state index is 12.2. The summed E-state index contributed by atoms with van der Waals surface area (Å²) in [7, 11) is 0. The van der Waals surface area contributed by atoms with E-state index < -0.39 is 5.97 Å². The molecule has 1 atom stereocenters. The highest BCUT2D eigenvalue weighted by molar-refractivity contribution is 8.00. The quantitative estimate of drug-likeness (QED) is 0.452. The third-order valence-electron chi connectivity index (χ3n) is 4.52. The third kappa shape index (κ3) is 7.00. The predicted molar refractivity (Wildman–Crippen MR) is 122 cm³/mol. The smallest absolute Gasteiger partial charge is 0.356 e. The molecular weight excluding hydrogens is 461 g/mol. The van der Waals surface area contributed by atoms with Crippen molar-refractivity contribution in [3.63, 3.8) is 0 Å². The monoisotopic (exact) mass is 483 g/mol. The van der Waals surface area contributed by atoms with Gasteiger partial charge < -0.3 is 19.7 Å². The van der Waals surface area contributed by atoms with Gasteiger partial charge in [-0.2, -0.15) is 0 Å². The second kappa shape index (κ2) is 11.6. The van der Waals surface area contributed by atoms with E-state index in [2.05, 4.69) is 15.2 Å². The first-order valence-corrected chi connectivity index (χ1v) is 11.5. The number of nitrogens with zero attached hydrogens (tertiary/aromatic N) is 2. The van der Waals surface area contributed by atoms with Crippen LogP contribution in [0, 0.1) is 0 Å². The number of anilines is 1. The number of pyridine rings is 1. The van der Waals surface area contributed by atoms with Crippen LogP contribution in [-0.4, -0.2) is 61.6 Å². The van der Waals surface area contributed by atoms with Crippen molar-refractivity contribution >= 4 is 52.5 Å². The zero-order chi connectivity index (χ0) is 22.2. The Kier molecular flexibility index (Phi) is 8.83. The lowest BCUT2D eigenvalue weighted by Gasteiger charge is -2.34. The average Bonchev–Trinajstić information content (AvgIpc) is 2.79. The van der Waals surface area contributed by atoms with Crippen LogP contribution in [-0.2, 0) is 14.3 Å². The van der Waals surface area contributed by atoms with E-state index in [1.54, 1.807) is 31.3 Å². The van der Waals surface area contributed by atoms with E-state index in [9.17, 15) is 9.59 Å². The van der Waals surface area contributed by atoms with Crippen LogP contribution in [0.5, 0.6) is 0 Å². The lowest BCUT2D eigenvalue weighted by Crippen LogP contribution is -2.47. The van der Waals surface area contributed by atoms with Gasteiger partial charge in [-0.05, 0) is 37.3 Å². The first kappa shape index (κ1) is 23.7. The van der Waals surface area contributed by atoms with E-state index in [1.165, 1.54) is 11.8 Å². The number of esters is 1. The summed E-state index contributed by atoms with van der Waals surface area (Å²) in [5.74, 6) is -0.321. The molecule has 0 radical (unpaired) electrons. The normalized spacial score (nSPS) is 16.1. The van der Waals surface area contributed by atoms with E-state index in [1.807, 2.05) is 12.1 Å². The number of benzene rings is 1. The minimum atomic E-state index is -0.459. The summed E-state index contributed by atoms with van der Waals surface area (Å²) < 4.78 is 10.7. The van der Waals surface area contributed by atoms with Crippen molar-refractivity contribution in [2.75, 3.05) is 43.5 Å². The summed E-state index contributed by atoms with van der Waals surface area (Å²) in [6.07, 6.45) is 1.44. The number of hydrogen-bond donors (Lipinski definition) is 1. The molecular formula is C21H23Cl2N3O4S. The number of thioether (sulfide) groups is 1. The Bertz CT molecular complexity index is 914. The standard InChI is InChI=1S/C21H23Cl2N3O4S/c1-2-29-21(28)19-6-4-16(11-24-19)31-13-20(27)25-10-15-12-26(7-8-30-15)14-3-5-17(22)18(23)9-14/h3-6,9,11,15H,2,7-8,10,12-13H2,1H3,(H,25,27). The second-order valence-electron chi connectivity index (χ2n) is 6.73. The number of aromatic nitrogens is 1. The Labute approximate surface area is 195 Å². The Morgan fingerprint density at radius 3 is 2.84 bits per heavy atom. The second-order valence-corrected chi connectivity index (χ2v) is 8.59. The molecule has 1 aromatic carbocycles. The SMILES string of the molecule is CCOC(=O)c1ccc(SCC(=O)NCC2CN(c3ccc(Cl)c(Cl)c3)CCO2)cn1. The number of halogens is 2. The van der Waals surface area contributed by atoms with Crippen LogP contribution in [0.2, 0.25) is 10.0 Å². The van der Waals surface area contributed by atoms with Gasteiger partial charge in [0.05, 0.1) is 35.1 Å². The third-order valence-corrected chi connectivity index (χ3v) is 6.25. The molecule has 0 bridgehead atoms. The van der Waals surface area contributed by atoms with Gasteiger partial charge in [0, 0.05) is 36.4 Å². The first-order chi connectivity index (χ1) is 15.0. The van der Waals surface area contributed by atoms with Gasteiger partial charge in [0.2, 0.25) is 5.91 Å². The van der Waals surface area contributed by atoms with Gasteiger partial charge in [-0.3, -0.25) is 4.79 Å². The number of carbonyl (C=O) groups is 2. The Morgan fingerprint density at radius 2 is 2.13 bits per heavy atom. The van der Waals surface area contributed by atoms with Gasteiger partial charge in [0.25, 0.3) is 0 Å². The molecule has 2 heterocycles. The van der Waals surface area contributed by atoms with Crippen LogP contribution in [0.25, 0.3) is 0 Å². The Balaban J connectivity index is 1.43. The van der Waals surface area contributed by atoms with E-state index in [-0.39, 0.29) is 23.5 Å². The lowest BCUT2D eigenvalue weighted by atomic mass is 10.2. The molecule has 1 N–H and O–H groups in total. The van der Waals surface area contributed by atoms with Crippen molar-refractivity contribution in [2.45, 2.75) is 17.9 Å². The topological polar surface area (TPSA) is 80.8 Å². The number of morpholine rings is 1. The highest BCUT2D eigenvalue weighted by Gasteiger charge is 2.22. The lowest BCUT2D eigenvalue weighted by molar-refractivity contribution is -0.119. The molecule has 31 heavy (non-hydrogen) atoms. The zero-order valence-corrected chi connectivity index (χ0v) is 19.3. The van der Waals surface area contributed by atoms with Crippen molar-refractivity contribution in [3.05, 3.63) is 52.3 Å². The fraction of sp³-hybridized carbons (Fsp3) is 0.381. The van der Waals surface area contributed by atoms with E-state index >= 15 is 0 Å². The molecule has 0 saturated carbocycles. The average molecular weight is 484 g/mol. The summed E-state index contributed by atoms with van der Waals surface area (Å²) in [5.41, 5.74) is 1.22. The minimum Gasteiger partial charge on any atom is -0.461 e. The maximum absolute atomic E-state index is 12.2. The molecule has 1 unspecified atom stereocenters. The number of carbonyl (C=O) groups excluding carboxylic acids is 2. The fourth-order valence-electron chi connectivity index (χ4n) is 2.98. The van der Waals surface area contributed by atoms with Crippen molar-refractivity contribution in [1.82, 2.24) is 10.3 Å². The summed E-state index contributed by atoms with van der Waals surface area (Å²) in [6, 6.07) is 8.87. The number of hydrogen-bond acceptors (Lipinski definition) is 7. The molecule has 1 aliphatic heterocycles. The van der Waals surface area contributed by atoms with Crippen molar-refractivity contribution in [1.29, 1.82) is 0 Å². The Morgan fingerprint density at radius 1 is 1.29 bits per heavy atom. The summed E-state index contributed by atoms with van der Waals surface area (Å²) in [5, 5.41) is 3.94. The fourth-order valence-corrected chi connectivity index (χ4v) is 3.96. The van der Waals surface area contributed by atoms with Gasteiger partial charge in [0.1, 0.15) is 5.69 Å². The van der Waals surface area contributed by atoms with Gasteiger partial charge in [-0.15, -0.1) is 11.8 Å². The molecule has 3 rings (SSSR count). The summed E-state index contributed by atoms with van der Waals surface area (Å²) in [4.78, 5) is 30.9. The molecule has 1 saturated heterocycles. The molecule has 2 aromatic rings. The molecule has 0 spiro atoms. The predicted octanol–water partition coefficient (Wildman–Crippen LogP) is 3.68. The summed E-state index contributed by atoms with van der Waals surface area (Å²) in [6.45, 7) is 4.40. The zero-order valence-electron chi connectivity index (χ0n) is 17.0. The van der Waals surface area contributed by atoms with Gasteiger partial charge in [-0.1, -0.05) is 23.2 Å². The number of ether oxygens (including phenoxy) is 2. The van der Waals surface area contributed by atoms with Crippen molar-refractivity contribution in [2.24, 2.45) is 0 Å². The largest absolute Gasteiger partial charge is 0.461 e. The van der Waals surface area contributed by atoms with Crippen LogP contribution in [0.3, 0.4) is 0 Å².